The average Bonchev–Trinajstić information content (AvgIpc) is 3.60. The number of pyridine rings is 1. The van der Waals surface area contributed by atoms with Crippen LogP contribution in [0.3, 0.4) is 0 Å². The molecule has 0 fully saturated rings. The third-order valence-electron chi connectivity index (χ3n) is 5.97. The highest BCUT2D eigenvalue weighted by Crippen LogP contribution is 2.29. The van der Waals surface area contributed by atoms with Crippen LogP contribution in [0, 0.1) is 0 Å². The molecule has 2 aromatic carbocycles. The van der Waals surface area contributed by atoms with E-state index in [0.717, 1.165) is 53.9 Å². The Morgan fingerprint density at radius 1 is 0.944 bits per heavy atom. The van der Waals surface area contributed by atoms with Crippen molar-refractivity contribution in [2.45, 2.75) is 39.2 Å². The number of hydrogen-bond donors (Lipinski definition) is 1. The predicted octanol–water partition coefficient (Wildman–Crippen LogP) is 4.53. The molecule has 9 heteroatoms. The highest BCUT2D eigenvalue weighted by atomic mass is 16.1. The highest BCUT2D eigenvalue weighted by Gasteiger charge is 2.18. The molecule has 180 valence electrons. The van der Waals surface area contributed by atoms with Crippen LogP contribution >= 0.6 is 0 Å². The maximum absolute atomic E-state index is 13.0. The Labute approximate surface area is 208 Å². The summed E-state index contributed by atoms with van der Waals surface area (Å²) < 4.78 is 1.81. The first-order valence-corrected chi connectivity index (χ1v) is 12.0. The van der Waals surface area contributed by atoms with Gasteiger partial charge in [-0.2, -0.15) is 0 Å². The van der Waals surface area contributed by atoms with Gasteiger partial charge in [-0.05, 0) is 28.5 Å². The zero-order chi connectivity index (χ0) is 24.7. The van der Waals surface area contributed by atoms with Crippen LogP contribution in [0.1, 0.15) is 53.9 Å². The second kappa shape index (κ2) is 10.8. The Bertz CT molecular complexity index is 1430. The minimum Gasteiger partial charge on any atom is -0.285 e. The van der Waals surface area contributed by atoms with Crippen LogP contribution in [0.15, 0.2) is 72.9 Å². The number of carbonyl (C=O) groups excluding carboxylic acids is 1. The maximum Gasteiger partial charge on any atom is 0.232 e. The van der Waals surface area contributed by atoms with Crippen LogP contribution in [0.4, 0.5) is 0 Å². The Kier molecular flexibility index (Phi) is 6.98. The summed E-state index contributed by atoms with van der Waals surface area (Å²) in [7, 11) is 0. The summed E-state index contributed by atoms with van der Waals surface area (Å²) >= 11 is 0. The molecule has 36 heavy (non-hydrogen) atoms. The Hall–Kier alpha value is -4.53. The van der Waals surface area contributed by atoms with E-state index >= 15 is 0 Å². The second-order valence-electron chi connectivity index (χ2n) is 8.50. The highest BCUT2D eigenvalue weighted by molar-refractivity contribution is 6.06. The molecule has 3 heterocycles. The topological polar surface area (TPSA) is 115 Å². The van der Waals surface area contributed by atoms with Gasteiger partial charge in [0, 0.05) is 29.3 Å². The van der Waals surface area contributed by atoms with Crippen LogP contribution in [0.25, 0.3) is 22.5 Å². The van der Waals surface area contributed by atoms with Gasteiger partial charge in [0.15, 0.2) is 5.82 Å². The number of aryl methyl sites for hydroxylation is 1. The predicted molar refractivity (Wildman–Crippen MR) is 135 cm³/mol. The number of nitrogens with zero attached hydrogens (tertiary/aromatic N) is 7. The van der Waals surface area contributed by atoms with Gasteiger partial charge in [-0.3, -0.25) is 9.78 Å². The Balaban J connectivity index is 1.40. The van der Waals surface area contributed by atoms with Crippen molar-refractivity contribution in [3.05, 3.63) is 95.8 Å². The van der Waals surface area contributed by atoms with Gasteiger partial charge < -0.3 is 0 Å². The summed E-state index contributed by atoms with van der Waals surface area (Å²) in [5, 5.41) is 18.8. The molecule has 0 bridgehead atoms. The molecule has 9 nitrogen and oxygen atoms in total. The number of ketones is 1. The fourth-order valence-electron chi connectivity index (χ4n) is 4.08. The molecule has 0 aliphatic heterocycles. The number of tetrazole rings is 1. The number of carbonyl (C=O) groups is 1. The molecule has 0 unspecified atom stereocenters. The molecule has 5 rings (SSSR count). The van der Waals surface area contributed by atoms with E-state index in [2.05, 4.69) is 42.6 Å². The van der Waals surface area contributed by atoms with E-state index in [4.69, 9.17) is 0 Å². The summed E-state index contributed by atoms with van der Waals surface area (Å²) in [5.41, 5.74) is 4.24. The average molecular weight is 479 g/mol. The smallest absolute Gasteiger partial charge is 0.232 e. The van der Waals surface area contributed by atoms with Gasteiger partial charge in [0.05, 0.1) is 12.2 Å². The molecule has 0 spiro atoms. The van der Waals surface area contributed by atoms with Gasteiger partial charge in [-0.1, -0.05) is 80.4 Å². The van der Waals surface area contributed by atoms with Crippen molar-refractivity contribution in [1.82, 2.24) is 40.4 Å². The van der Waals surface area contributed by atoms with E-state index < -0.39 is 0 Å². The summed E-state index contributed by atoms with van der Waals surface area (Å²) in [6.07, 6.45) is 5.80. The number of unbranched alkanes of at least 4 members (excludes halogenated alkanes) is 2. The number of aromatic amines is 1. The van der Waals surface area contributed by atoms with E-state index in [-0.39, 0.29) is 11.6 Å². The molecular weight excluding hydrogens is 452 g/mol. The molecule has 3 aromatic heterocycles. The lowest BCUT2D eigenvalue weighted by molar-refractivity contribution is 0.102. The molecule has 0 aliphatic carbocycles. The van der Waals surface area contributed by atoms with Crippen molar-refractivity contribution in [3.63, 3.8) is 0 Å². The number of hydrogen-bond acceptors (Lipinski definition) is 7. The normalized spacial score (nSPS) is 11.0. The molecule has 0 atom stereocenters. The van der Waals surface area contributed by atoms with Crippen LogP contribution in [0.2, 0.25) is 0 Å². The standard InChI is InChI=1S/C27H26N8O/c1-2-3-5-14-24-29-27(25(36)19-10-6-4-7-11-19)32-35(24)18-21-16-15-20(17-28-21)22-12-8-9-13-23(22)26-30-33-34-31-26/h4,6-13,15-17H,2-3,5,14,18H2,1H3,(H,30,31,33,34). The third kappa shape index (κ3) is 5.10. The van der Waals surface area contributed by atoms with E-state index in [0.29, 0.717) is 17.9 Å². The third-order valence-corrected chi connectivity index (χ3v) is 5.97. The van der Waals surface area contributed by atoms with E-state index in [1.807, 2.05) is 65.5 Å². The number of nitrogens with one attached hydrogen (secondary N) is 1. The van der Waals surface area contributed by atoms with E-state index in [1.165, 1.54) is 0 Å². The van der Waals surface area contributed by atoms with Crippen molar-refractivity contribution >= 4 is 5.78 Å². The van der Waals surface area contributed by atoms with Crippen molar-refractivity contribution in [1.29, 1.82) is 0 Å². The van der Waals surface area contributed by atoms with Gasteiger partial charge in [0.25, 0.3) is 0 Å². The first-order valence-electron chi connectivity index (χ1n) is 12.0. The Morgan fingerprint density at radius 2 is 1.75 bits per heavy atom. The van der Waals surface area contributed by atoms with Gasteiger partial charge in [-0.15, -0.1) is 10.2 Å². The molecule has 0 saturated heterocycles. The van der Waals surface area contributed by atoms with Crippen molar-refractivity contribution in [2.75, 3.05) is 0 Å². The molecule has 0 saturated carbocycles. The van der Waals surface area contributed by atoms with E-state index in [1.54, 1.807) is 12.1 Å². The number of benzene rings is 2. The number of aromatic nitrogens is 8. The summed E-state index contributed by atoms with van der Waals surface area (Å²) in [4.78, 5) is 22.3. The zero-order valence-corrected chi connectivity index (χ0v) is 20.0. The van der Waals surface area contributed by atoms with Crippen molar-refractivity contribution in [3.8, 4) is 22.5 Å². The van der Waals surface area contributed by atoms with Gasteiger partial charge in [0.2, 0.25) is 11.6 Å². The number of H-pyrrole nitrogens is 1. The Morgan fingerprint density at radius 3 is 2.47 bits per heavy atom. The lowest BCUT2D eigenvalue weighted by atomic mass is 10.0. The van der Waals surface area contributed by atoms with E-state index in [9.17, 15) is 4.79 Å². The summed E-state index contributed by atoms with van der Waals surface area (Å²) in [5.74, 6) is 1.45. The van der Waals surface area contributed by atoms with Crippen LogP contribution < -0.4 is 0 Å². The second-order valence-corrected chi connectivity index (χ2v) is 8.50. The van der Waals surface area contributed by atoms with Crippen LogP contribution in [-0.4, -0.2) is 46.2 Å². The van der Waals surface area contributed by atoms with Crippen molar-refractivity contribution < 1.29 is 4.79 Å². The first kappa shape index (κ1) is 23.2. The molecule has 5 aromatic rings. The summed E-state index contributed by atoms with van der Waals surface area (Å²) in [6, 6.07) is 21.0. The summed E-state index contributed by atoms with van der Waals surface area (Å²) in [6.45, 7) is 2.60. The minimum absolute atomic E-state index is 0.173. The fraction of sp³-hybridized carbons (Fsp3) is 0.222. The number of rotatable bonds is 10. The lowest BCUT2D eigenvalue weighted by Gasteiger charge is -2.09. The monoisotopic (exact) mass is 478 g/mol. The van der Waals surface area contributed by atoms with Crippen molar-refractivity contribution in [2.24, 2.45) is 0 Å². The minimum atomic E-state index is -0.173. The molecule has 0 aliphatic rings. The fourth-order valence-corrected chi connectivity index (χ4v) is 4.08. The molecule has 0 amide bonds. The molecular formula is C27H26N8O. The van der Waals surface area contributed by atoms with Crippen LogP contribution in [0.5, 0.6) is 0 Å². The van der Waals surface area contributed by atoms with Gasteiger partial charge in [-0.25, -0.2) is 14.8 Å². The molecule has 1 N–H and O–H groups in total. The van der Waals surface area contributed by atoms with Gasteiger partial charge >= 0.3 is 0 Å². The van der Waals surface area contributed by atoms with Crippen LogP contribution in [-0.2, 0) is 13.0 Å². The first-order chi connectivity index (χ1) is 17.7. The lowest BCUT2D eigenvalue weighted by Crippen LogP contribution is -2.09. The zero-order valence-electron chi connectivity index (χ0n) is 20.0. The SMILES string of the molecule is CCCCCc1nc(C(=O)c2ccccc2)nn1Cc1ccc(-c2ccccc2-c2nnn[nH]2)cn1. The largest absolute Gasteiger partial charge is 0.285 e. The quantitative estimate of drug-likeness (QED) is 0.232. The molecule has 0 radical (unpaired) electrons. The maximum atomic E-state index is 13.0. The van der Waals surface area contributed by atoms with Gasteiger partial charge in [0.1, 0.15) is 5.82 Å².